The summed E-state index contributed by atoms with van der Waals surface area (Å²) in [7, 11) is 2.20. The Kier molecular flexibility index (Phi) is 3.82. The van der Waals surface area contributed by atoms with Crippen LogP contribution >= 0.6 is 0 Å². The van der Waals surface area contributed by atoms with Gasteiger partial charge in [-0.1, -0.05) is 36.4 Å². The predicted molar refractivity (Wildman–Crippen MR) is 84.6 cm³/mol. The number of hydrogen-bond acceptors (Lipinski definition) is 1. The minimum atomic E-state index is 1.08. The van der Waals surface area contributed by atoms with Crippen LogP contribution in [-0.4, -0.2) is 30.5 Å². The molecule has 0 N–H and O–H groups in total. The van der Waals surface area contributed by atoms with Crippen molar-refractivity contribution in [2.24, 2.45) is 0 Å². The molecule has 0 radical (unpaired) electrons. The molecule has 0 spiro atoms. The normalized spacial score (nSPS) is 16.1. The van der Waals surface area contributed by atoms with Crippen LogP contribution in [-0.2, 0) is 0 Å². The summed E-state index contributed by atoms with van der Waals surface area (Å²) in [5.74, 6) is 1.31. The fraction of sp³-hybridized carbons (Fsp3) is 0.278. The summed E-state index contributed by atoms with van der Waals surface area (Å²) in [6, 6.07) is 21.4. The van der Waals surface area contributed by atoms with E-state index in [1.165, 1.54) is 29.9 Å². The molecular weight excluding hydrogens is 244 g/mol. The molecule has 2 aromatic rings. The molecule has 0 saturated heterocycles. The maximum absolute atomic E-state index is 2.45. The number of hydrogen-bond donors (Lipinski definition) is 0. The zero-order chi connectivity index (χ0) is 13.8. The van der Waals surface area contributed by atoms with Crippen LogP contribution in [0.15, 0.2) is 60.7 Å². The Balaban J connectivity index is 2.08. The maximum atomic E-state index is 2.45. The van der Waals surface area contributed by atoms with E-state index in [0.29, 0.717) is 0 Å². The van der Waals surface area contributed by atoms with Gasteiger partial charge in [0.1, 0.15) is 5.69 Å². The van der Waals surface area contributed by atoms with E-state index in [9.17, 15) is 0 Å². The highest BCUT2D eigenvalue weighted by atomic mass is 15.2. The van der Waals surface area contributed by atoms with Crippen molar-refractivity contribution < 1.29 is 4.58 Å². The fourth-order valence-electron chi connectivity index (χ4n) is 2.86. The van der Waals surface area contributed by atoms with Crippen molar-refractivity contribution in [3.63, 3.8) is 0 Å². The fourth-order valence-corrected chi connectivity index (χ4v) is 2.86. The van der Waals surface area contributed by atoms with Crippen molar-refractivity contribution >= 4 is 11.5 Å². The van der Waals surface area contributed by atoms with Crippen molar-refractivity contribution in [1.82, 2.24) is 0 Å². The lowest BCUT2D eigenvalue weighted by molar-refractivity contribution is -0.497. The Morgan fingerprint density at radius 2 is 1.50 bits per heavy atom. The van der Waals surface area contributed by atoms with Gasteiger partial charge < -0.3 is 0 Å². The van der Waals surface area contributed by atoms with Gasteiger partial charge in [-0.15, -0.1) is 0 Å². The first-order valence-electron chi connectivity index (χ1n) is 7.32. The molecule has 102 valence electrons. The van der Waals surface area contributed by atoms with E-state index in [0.717, 1.165) is 13.1 Å². The zero-order valence-corrected chi connectivity index (χ0v) is 12.0. The first kappa shape index (κ1) is 12.9. The SMILES string of the molecule is C[N+]1=C(c2ccccc2)N(c2ccccc2)CCCC1. The minimum Gasteiger partial charge on any atom is -0.264 e. The number of benzene rings is 2. The molecule has 1 aliphatic heterocycles. The van der Waals surface area contributed by atoms with Crippen LogP contribution in [0.5, 0.6) is 0 Å². The average molecular weight is 265 g/mol. The predicted octanol–water partition coefficient (Wildman–Crippen LogP) is 3.38. The summed E-state index contributed by atoms with van der Waals surface area (Å²) in [6.07, 6.45) is 2.48. The molecule has 20 heavy (non-hydrogen) atoms. The van der Waals surface area contributed by atoms with E-state index < -0.39 is 0 Å². The van der Waals surface area contributed by atoms with Gasteiger partial charge in [-0.05, 0) is 37.1 Å². The molecule has 1 heterocycles. The smallest absolute Gasteiger partial charge is 0.264 e. The average Bonchev–Trinajstić information content (AvgIpc) is 2.71. The van der Waals surface area contributed by atoms with Crippen molar-refractivity contribution in [2.75, 3.05) is 25.0 Å². The van der Waals surface area contributed by atoms with Crippen molar-refractivity contribution in [1.29, 1.82) is 0 Å². The Hall–Kier alpha value is -2.09. The van der Waals surface area contributed by atoms with Crippen LogP contribution < -0.4 is 4.90 Å². The molecule has 0 atom stereocenters. The summed E-state index contributed by atoms with van der Waals surface area (Å²) >= 11 is 0. The van der Waals surface area contributed by atoms with Crippen LogP contribution in [0.3, 0.4) is 0 Å². The lowest BCUT2D eigenvalue weighted by Crippen LogP contribution is -2.37. The van der Waals surface area contributed by atoms with Gasteiger partial charge in [0, 0.05) is 0 Å². The van der Waals surface area contributed by atoms with E-state index in [-0.39, 0.29) is 0 Å². The third-order valence-corrected chi connectivity index (χ3v) is 3.84. The summed E-state index contributed by atoms with van der Waals surface area (Å²) in [4.78, 5) is 2.45. The van der Waals surface area contributed by atoms with Crippen molar-refractivity contribution in [3.8, 4) is 0 Å². The van der Waals surface area contributed by atoms with Crippen LogP contribution in [0.25, 0.3) is 0 Å². The molecular formula is C18H21N2+. The second-order valence-electron chi connectivity index (χ2n) is 5.31. The zero-order valence-electron chi connectivity index (χ0n) is 12.0. The van der Waals surface area contributed by atoms with Crippen LogP contribution in [0.2, 0.25) is 0 Å². The van der Waals surface area contributed by atoms with E-state index in [2.05, 4.69) is 77.2 Å². The van der Waals surface area contributed by atoms with Gasteiger partial charge >= 0.3 is 0 Å². The van der Waals surface area contributed by atoms with Crippen molar-refractivity contribution in [3.05, 3.63) is 66.2 Å². The molecule has 0 unspecified atom stereocenters. The summed E-state index contributed by atoms with van der Waals surface area (Å²) in [5.41, 5.74) is 2.57. The quantitative estimate of drug-likeness (QED) is 0.755. The van der Waals surface area contributed by atoms with Gasteiger partial charge in [0.05, 0.1) is 25.7 Å². The lowest BCUT2D eigenvalue weighted by Gasteiger charge is -2.19. The number of anilines is 1. The standard InChI is InChI=1S/C18H21N2/c1-19-14-8-9-15-20(17-12-6-3-7-13-17)18(19)16-10-4-2-5-11-16/h2-7,10-13H,8-9,14-15H2,1H3/q+1. The molecule has 1 aliphatic rings. The van der Waals surface area contributed by atoms with Gasteiger partial charge in [-0.25, -0.2) is 4.90 Å². The number of nitrogens with zero attached hydrogens (tertiary/aromatic N) is 2. The molecule has 0 aliphatic carbocycles. The Bertz CT molecular complexity index is 587. The van der Waals surface area contributed by atoms with E-state index >= 15 is 0 Å². The summed E-state index contributed by atoms with van der Waals surface area (Å²) < 4.78 is 2.38. The third kappa shape index (κ3) is 2.60. The monoisotopic (exact) mass is 265 g/mol. The highest BCUT2D eigenvalue weighted by Gasteiger charge is 2.27. The minimum absolute atomic E-state index is 1.08. The Labute approximate surface area is 121 Å². The number of para-hydroxylation sites is 1. The molecule has 0 amide bonds. The second kappa shape index (κ2) is 5.91. The molecule has 0 bridgehead atoms. The van der Waals surface area contributed by atoms with E-state index in [1.54, 1.807) is 0 Å². The van der Waals surface area contributed by atoms with E-state index in [1.807, 2.05) is 0 Å². The maximum Gasteiger partial charge on any atom is 0.284 e. The molecule has 0 saturated carbocycles. The molecule has 3 rings (SSSR count). The topological polar surface area (TPSA) is 6.25 Å². The molecule has 2 nitrogen and oxygen atoms in total. The number of amidine groups is 1. The Morgan fingerprint density at radius 1 is 0.850 bits per heavy atom. The van der Waals surface area contributed by atoms with Crippen LogP contribution in [0.1, 0.15) is 18.4 Å². The van der Waals surface area contributed by atoms with E-state index in [4.69, 9.17) is 0 Å². The number of rotatable bonds is 2. The second-order valence-corrected chi connectivity index (χ2v) is 5.31. The van der Waals surface area contributed by atoms with Gasteiger partial charge in [0.25, 0.3) is 5.84 Å². The first-order valence-corrected chi connectivity index (χ1v) is 7.32. The van der Waals surface area contributed by atoms with Crippen LogP contribution in [0, 0.1) is 0 Å². The first-order chi connectivity index (χ1) is 9.86. The summed E-state index contributed by atoms with van der Waals surface area (Å²) in [6.45, 7) is 2.20. The highest BCUT2D eigenvalue weighted by Crippen LogP contribution is 2.20. The molecule has 2 aromatic carbocycles. The lowest BCUT2D eigenvalue weighted by atomic mass is 10.1. The van der Waals surface area contributed by atoms with Crippen molar-refractivity contribution in [2.45, 2.75) is 12.8 Å². The largest absolute Gasteiger partial charge is 0.284 e. The van der Waals surface area contributed by atoms with Gasteiger partial charge in [0.15, 0.2) is 0 Å². The highest BCUT2D eigenvalue weighted by molar-refractivity contribution is 6.06. The molecule has 0 fully saturated rings. The van der Waals surface area contributed by atoms with Gasteiger partial charge in [-0.3, -0.25) is 4.58 Å². The summed E-state index contributed by atoms with van der Waals surface area (Å²) in [5, 5.41) is 0. The van der Waals surface area contributed by atoms with Gasteiger partial charge in [-0.2, -0.15) is 0 Å². The van der Waals surface area contributed by atoms with Crippen LogP contribution in [0.4, 0.5) is 5.69 Å². The molecule has 2 heteroatoms. The van der Waals surface area contributed by atoms with Gasteiger partial charge in [0.2, 0.25) is 0 Å². The third-order valence-electron chi connectivity index (χ3n) is 3.84. The molecule has 0 aromatic heterocycles. The Morgan fingerprint density at radius 3 is 2.20 bits per heavy atom.